The molecular formula is C9H12N6O2. The minimum absolute atomic E-state index is 0.102. The molecule has 2 rings (SSSR count). The van der Waals surface area contributed by atoms with E-state index in [-0.39, 0.29) is 24.2 Å². The summed E-state index contributed by atoms with van der Waals surface area (Å²) in [7, 11) is 1.52. The lowest BCUT2D eigenvalue weighted by atomic mass is 10.1. The number of carbonyl (C=O) groups is 2. The van der Waals surface area contributed by atoms with Gasteiger partial charge in [0.25, 0.3) is 5.91 Å². The Hall–Kier alpha value is -2.25. The predicted octanol–water partition coefficient (Wildman–Crippen LogP) is -0.340. The third kappa shape index (κ3) is 2.47. The summed E-state index contributed by atoms with van der Waals surface area (Å²) in [6.45, 7) is 1.73. The highest BCUT2D eigenvalue weighted by Crippen LogP contribution is 2.08. The number of H-pyrrole nitrogens is 1. The molecule has 0 saturated heterocycles. The van der Waals surface area contributed by atoms with Crippen LogP contribution >= 0.6 is 0 Å². The standard InChI is InChI=1S/C9H12N6O2/c1-5-10-9(13-12-5)11-8(17)6-3-4-7(16)15(2)14-6/h3-4H2,1-2H3,(H2,10,11,12,13,17). The van der Waals surface area contributed by atoms with Gasteiger partial charge in [-0.15, -0.1) is 5.10 Å². The first kappa shape index (κ1) is 11.2. The van der Waals surface area contributed by atoms with E-state index < -0.39 is 0 Å². The Balaban J connectivity index is 2.06. The van der Waals surface area contributed by atoms with Crippen molar-refractivity contribution in [3.8, 4) is 0 Å². The van der Waals surface area contributed by atoms with Gasteiger partial charge in [0.2, 0.25) is 11.9 Å². The monoisotopic (exact) mass is 236 g/mol. The van der Waals surface area contributed by atoms with Crippen LogP contribution in [0.25, 0.3) is 0 Å². The SMILES string of the molecule is Cc1nc(NC(=O)C2=NN(C)C(=O)CC2)n[nH]1. The number of aromatic nitrogens is 3. The second-order valence-electron chi connectivity index (χ2n) is 3.66. The Morgan fingerprint density at radius 1 is 1.47 bits per heavy atom. The van der Waals surface area contributed by atoms with Gasteiger partial charge in [0.05, 0.1) is 0 Å². The van der Waals surface area contributed by atoms with Gasteiger partial charge in [-0.2, -0.15) is 10.1 Å². The van der Waals surface area contributed by atoms with Crippen molar-refractivity contribution in [1.29, 1.82) is 0 Å². The number of hydrazone groups is 1. The first-order valence-corrected chi connectivity index (χ1v) is 5.10. The van der Waals surface area contributed by atoms with Crippen LogP contribution in [0.15, 0.2) is 5.10 Å². The van der Waals surface area contributed by atoms with Crippen LogP contribution in [0.5, 0.6) is 0 Å². The van der Waals surface area contributed by atoms with E-state index in [1.807, 2.05) is 0 Å². The lowest BCUT2D eigenvalue weighted by Gasteiger charge is -2.18. The zero-order chi connectivity index (χ0) is 12.4. The smallest absolute Gasteiger partial charge is 0.274 e. The molecule has 2 heterocycles. The summed E-state index contributed by atoms with van der Waals surface area (Å²) in [4.78, 5) is 26.9. The highest BCUT2D eigenvalue weighted by Gasteiger charge is 2.22. The van der Waals surface area contributed by atoms with Crippen LogP contribution in [0.1, 0.15) is 18.7 Å². The van der Waals surface area contributed by atoms with Gasteiger partial charge in [-0.25, -0.2) is 5.01 Å². The summed E-state index contributed by atoms with van der Waals surface area (Å²) in [5.41, 5.74) is 0.301. The van der Waals surface area contributed by atoms with E-state index in [0.717, 1.165) is 0 Å². The maximum absolute atomic E-state index is 11.8. The molecule has 1 aliphatic rings. The van der Waals surface area contributed by atoms with Crippen molar-refractivity contribution in [2.45, 2.75) is 19.8 Å². The summed E-state index contributed by atoms with van der Waals surface area (Å²) in [6, 6.07) is 0. The van der Waals surface area contributed by atoms with E-state index in [1.54, 1.807) is 6.92 Å². The number of rotatable bonds is 2. The molecule has 8 heteroatoms. The number of hydrogen-bond acceptors (Lipinski definition) is 5. The number of aromatic amines is 1. The van der Waals surface area contributed by atoms with E-state index in [9.17, 15) is 9.59 Å². The van der Waals surface area contributed by atoms with Gasteiger partial charge < -0.3 is 0 Å². The Morgan fingerprint density at radius 2 is 2.24 bits per heavy atom. The zero-order valence-electron chi connectivity index (χ0n) is 9.52. The van der Waals surface area contributed by atoms with Crippen molar-refractivity contribution >= 4 is 23.5 Å². The first-order valence-electron chi connectivity index (χ1n) is 5.10. The molecule has 0 fully saturated rings. The normalized spacial score (nSPS) is 15.8. The van der Waals surface area contributed by atoms with Crippen molar-refractivity contribution < 1.29 is 9.59 Å². The van der Waals surface area contributed by atoms with E-state index in [1.165, 1.54) is 12.1 Å². The maximum Gasteiger partial charge on any atom is 0.274 e. The molecule has 1 aromatic heterocycles. The van der Waals surface area contributed by atoms with Gasteiger partial charge in [0, 0.05) is 19.9 Å². The van der Waals surface area contributed by atoms with Crippen molar-refractivity contribution in [2.75, 3.05) is 12.4 Å². The van der Waals surface area contributed by atoms with Crippen molar-refractivity contribution in [3.05, 3.63) is 5.82 Å². The maximum atomic E-state index is 11.8. The van der Waals surface area contributed by atoms with Gasteiger partial charge in [0.15, 0.2) is 0 Å². The van der Waals surface area contributed by atoms with Crippen LogP contribution in [0, 0.1) is 6.92 Å². The summed E-state index contributed by atoms with van der Waals surface area (Å²) in [5.74, 6) is 0.326. The zero-order valence-corrected chi connectivity index (χ0v) is 9.52. The largest absolute Gasteiger partial charge is 0.288 e. The Morgan fingerprint density at radius 3 is 2.82 bits per heavy atom. The summed E-state index contributed by atoms with van der Waals surface area (Å²) < 4.78 is 0. The van der Waals surface area contributed by atoms with Crippen molar-refractivity contribution in [1.82, 2.24) is 20.2 Å². The Kier molecular flexibility index (Phi) is 2.86. The molecule has 2 amide bonds. The van der Waals surface area contributed by atoms with Crippen LogP contribution in [0.4, 0.5) is 5.95 Å². The third-order valence-electron chi connectivity index (χ3n) is 2.29. The second-order valence-corrected chi connectivity index (χ2v) is 3.66. The van der Waals surface area contributed by atoms with E-state index in [0.29, 0.717) is 18.0 Å². The van der Waals surface area contributed by atoms with Crippen LogP contribution in [-0.4, -0.2) is 44.8 Å². The topological polar surface area (TPSA) is 103 Å². The second kappa shape index (κ2) is 4.32. The molecule has 0 atom stereocenters. The van der Waals surface area contributed by atoms with Crippen LogP contribution < -0.4 is 5.32 Å². The lowest BCUT2D eigenvalue weighted by molar-refractivity contribution is -0.130. The fraction of sp³-hybridized carbons (Fsp3) is 0.444. The third-order valence-corrected chi connectivity index (χ3v) is 2.29. The fourth-order valence-electron chi connectivity index (χ4n) is 1.41. The quantitative estimate of drug-likeness (QED) is 0.733. The number of nitrogens with one attached hydrogen (secondary N) is 2. The average Bonchev–Trinajstić information content (AvgIpc) is 2.68. The molecule has 0 aromatic carbocycles. The molecule has 17 heavy (non-hydrogen) atoms. The summed E-state index contributed by atoms with van der Waals surface area (Å²) >= 11 is 0. The molecule has 2 N–H and O–H groups in total. The van der Waals surface area contributed by atoms with Crippen molar-refractivity contribution in [2.24, 2.45) is 5.10 Å². The first-order chi connectivity index (χ1) is 8.06. The van der Waals surface area contributed by atoms with Crippen LogP contribution in [-0.2, 0) is 9.59 Å². The van der Waals surface area contributed by atoms with Crippen molar-refractivity contribution in [3.63, 3.8) is 0 Å². The van der Waals surface area contributed by atoms with Gasteiger partial charge >= 0.3 is 0 Å². The number of hydrogen-bond donors (Lipinski definition) is 2. The molecule has 0 spiro atoms. The molecule has 0 radical (unpaired) electrons. The van der Waals surface area contributed by atoms with E-state index in [4.69, 9.17) is 0 Å². The summed E-state index contributed by atoms with van der Waals surface area (Å²) in [6.07, 6.45) is 0.619. The Labute approximate surface area is 97.1 Å². The van der Waals surface area contributed by atoms with Crippen LogP contribution in [0.3, 0.4) is 0 Å². The highest BCUT2D eigenvalue weighted by atomic mass is 16.2. The van der Waals surface area contributed by atoms with E-state index >= 15 is 0 Å². The molecular weight excluding hydrogens is 224 g/mol. The average molecular weight is 236 g/mol. The van der Waals surface area contributed by atoms with E-state index in [2.05, 4.69) is 25.6 Å². The Bertz CT molecular complexity index is 491. The molecule has 1 aromatic rings. The van der Waals surface area contributed by atoms with Crippen LogP contribution in [0.2, 0.25) is 0 Å². The predicted molar refractivity (Wildman–Crippen MR) is 59.2 cm³/mol. The van der Waals surface area contributed by atoms with Gasteiger partial charge in [-0.3, -0.25) is 20.0 Å². The number of nitrogens with zero attached hydrogens (tertiary/aromatic N) is 4. The minimum Gasteiger partial charge on any atom is -0.288 e. The fourth-order valence-corrected chi connectivity index (χ4v) is 1.41. The number of carbonyl (C=O) groups excluding carboxylic acids is 2. The molecule has 90 valence electrons. The number of amides is 2. The van der Waals surface area contributed by atoms with Gasteiger partial charge in [-0.05, 0) is 6.92 Å². The molecule has 0 bridgehead atoms. The van der Waals surface area contributed by atoms with Gasteiger partial charge in [-0.1, -0.05) is 0 Å². The molecule has 0 aliphatic carbocycles. The summed E-state index contributed by atoms with van der Waals surface area (Å²) in [5, 5.41) is 14.0. The molecule has 0 saturated carbocycles. The number of anilines is 1. The molecule has 0 unspecified atom stereocenters. The number of aryl methyl sites for hydroxylation is 1. The lowest BCUT2D eigenvalue weighted by Crippen LogP contribution is -2.34. The molecule has 1 aliphatic heterocycles. The highest BCUT2D eigenvalue weighted by molar-refractivity contribution is 6.43. The van der Waals surface area contributed by atoms with Gasteiger partial charge in [0.1, 0.15) is 11.5 Å². The molecule has 8 nitrogen and oxygen atoms in total. The minimum atomic E-state index is -0.386.